The van der Waals surface area contributed by atoms with Crippen LogP contribution in [0.2, 0.25) is 0 Å². The van der Waals surface area contributed by atoms with E-state index in [9.17, 15) is 9.59 Å². The number of rotatable bonds is 10. The predicted octanol–water partition coefficient (Wildman–Crippen LogP) is 2.24. The van der Waals surface area contributed by atoms with Crippen LogP contribution in [0.25, 0.3) is 0 Å². The van der Waals surface area contributed by atoms with Crippen LogP contribution in [0.15, 0.2) is 24.3 Å². The topological polar surface area (TPSA) is 108 Å². The van der Waals surface area contributed by atoms with Gasteiger partial charge in [0.05, 0.1) is 0 Å². The summed E-state index contributed by atoms with van der Waals surface area (Å²) in [6, 6.07) is 6.75. The summed E-state index contributed by atoms with van der Waals surface area (Å²) < 4.78 is 0. The molecule has 0 bridgehead atoms. The van der Waals surface area contributed by atoms with Gasteiger partial charge in [0.25, 0.3) is 0 Å². The fourth-order valence-electron chi connectivity index (χ4n) is 2.48. The summed E-state index contributed by atoms with van der Waals surface area (Å²) in [4.78, 5) is 25.4. The van der Waals surface area contributed by atoms with Crippen molar-refractivity contribution in [2.24, 2.45) is 5.73 Å². The van der Waals surface area contributed by atoms with Crippen LogP contribution in [-0.2, 0) is 4.79 Å². The number of carbonyl (C=O) groups excluding carboxylic acids is 1. The molecule has 1 aromatic rings. The number of carbonyl (C=O) groups is 2. The van der Waals surface area contributed by atoms with Crippen LogP contribution >= 0.6 is 0 Å². The van der Waals surface area contributed by atoms with Gasteiger partial charge >= 0.3 is 6.09 Å². The van der Waals surface area contributed by atoms with Crippen LogP contribution in [0, 0.1) is 0 Å². The fraction of sp³-hybridized carbons (Fsp3) is 0.529. The van der Waals surface area contributed by atoms with Gasteiger partial charge in [-0.05, 0) is 63.9 Å². The van der Waals surface area contributed by atoms with Crippen LogP contribution in [0.3, 0.4) is 0 Å². The Balaban J connectivity index is 2.69. The average molecular weight is 336 g/mol. The van der Waals surface area contributed by atoms with Gasteiger partial charge in [-0.3, -0.25) is 4.79 Å². The number of hydrogen-bond acceptors (Lipinski definition) is 4. The number of nitrogens with two attached hydrogens (primary N) is 1. The Kier molecular flexibility index (Phi) is 8.64. The summed E-state index contributed by atoms with van der Waals surface area (Å²) in [6.45, 7) is 6.52. The molecule has 0 spiro atoms. The number of benzene rings is 1. The molecule has 24 heavy (non-hydrogen) atoms. The highest BCUT2D eigenvalue weighted by molar-refractivity contribution is 5.96. The molecule has 0 aliphatic heterocycles. The van der Waals surface area contributed by atoms with Crippen molar-refractivity contribution in [2.75, 3.05) is 29.9 Å². The molecule has 2 amide bonds. The van der Waals surface area contributed by atoms with Crippen molar-refractivity contribution in [2.45, 2.75) is 39.2 Å². The lowest BCUT2D eigenvalue weighted by atomic mass is 10.1. The average Bonchev–Trinajstić information content (AvgIpc) is 2.56. The Bertz CT molecular complexity index is 515. The molecular formula is C17H28N4O3. The molecule has 134 valence electrons. The van der Waals surface area contributed by atoms with Crippen molar-refractivity contribution in [1.82, 2.24) is 5.32 Å². The number of anilines is 2. The molecule has 0 unspecified atom stereocenters. The number of nitrogens with zero attached hydrogens (tertiary/aromatic N) is 1. The maximum absolute atomic E-state index is 12.3. The lowest BCUT2D eigenvalue weighted by Crippen LogP contribution is -2.43. The summed E-state index contributed by atoms with van der Waals surface area (Å²) in [5.74, 6) is -0.356. The third-order valence-electron chi connectivity index (χ3n) is 3.82. The second-order valence-electron chi connectivity index (χ2n) is 5.49. The van der Waals surface area contributed by atoms with Crippen LogP contribution in [-0.4, -0.2) is 42.8 Å². The van der Waals surface area contributed by atoms with Gasteiger partial charge in [0.2, 0.25) is 5.91 Å². The molecule has 5 N–H and O–H groups in total. The Morgan fingerprint density at radius 1 is 1.17 bits per heavy atom. The Morgan fingerprint density at radius 2 is 1.79 bits per heavy atom. The second kappa shape index (κ2) is 10.5. The lowest BCUT2D eigenvalue weighted by molar-refractivity contribution is -0.118. The molecule has 0 fully saturated rings. The first-order chi connectivity index (χ1) is 11.5. The zero-order chi connectivity index (χ0) is 17.9. The first-order valence-electron chi connectivity index (χ1n) is 8.37. The van der Waals surface area contributed by atoms with E-state index >= 15 is 0 Å². The van der Waals surface area contributed by atoms with E-state index in [1.54, 1.807) is 0 Å². The molecule has 1 atom stereocenters. The molecule has 0 aliphatic carbocycles. The zero-order valence-electron chi connectivity index (χ0n) is 14.4. The van der Waals surface area contributed by atoms with Gasteiger partial charge in [-0.1, -0.05) is 0 Å². The summed E-state index contributed by atoms with van der Waals surface area (Å²) in [5.41, 5.74) is 7.17. The predicted molar refractivity (Wildman–Crippen MR) is 96.5 cm³/mol. The standard InChI is InChI=1S/C17H28N4O3/c1-3-21(4-2)14-10-8-13(9-11-14)19-16(22)15(20-17(23)24)7-5-6-12-18/h8-11,15,20H,3-7,12,18H2,1-2H3,(H,19,22)(H,23,24)/t15-/m0/s1. The van der Waals surface area contributed by atoms with Gasteiger partial charge in [0.15, 0.2) is 0 Å². The monoisotopic (exact) mass is 336 g/mol. The molecular weight excluding hydrogens is 308 g/mol. The van der Waals surface area contributed by atoms with E-state index in [2.05, 4.69) is 29.4 Å². The first-order valence-corrected chi connectivity index (χ1v) is 8.37. The second-order valence-corrected chi connectivity index (χ2v) is 5.49. The van der Waals surface area contributed by atoms with Gasteiger partial charge in [-0.2, -0.15) is 0 Å². The number of nitrogens with one attached hydrogen (secondary N) is 2. The van der Waals surface area contributed by atoms with Crippen molar-refractivity contribution in [3.63, 3.8) is 0 Å². The van der Waals surface area contributed by atoms with Crippen molar-refractivity contribution >= 4 is 23.4 Å². The van der Waals surface area contributed by atoms with E-state index in [0.29, 0.717) is 25.1 Å². The first kappa shape index (κ1) is 19.8. The summed E-state index contributed by atoms with van der Waals surface area (Å²) in [5, 5.41) is 13.9. The summed E-state index contributed by atoms with van der Waals surface area (Å²) in [6.07, 6.45) is 0.659. The van der Waals surface area contributed by atoms with Gasteiger partial charge in [0.1, 0.15) is 6.04 Å². The Labute approximate surface area is 143 Å². The SMILES string of the molecule is CCN(CC)c1ccc(NC(=O)[C@H](CCCCN)NC(=O)O)cc1. The van der Waals surface area contributed by atoms with Crippen LogP contribution in [0.4, 0.5) is 16.2 Å². The minimum absolute atomic E-state index is 0.356. The smallest absolute Gasteiger partial charge is 0.405 e. The largest absolute Gasteiger partial charge is 0.465 e. The Morgan fingerprint density at radius 3 is 2.29 bits per heavy atom. The van der Waals surface area contributed by atoms with Crippen molar-refractivity contribution < 1.29 is 14.7 Å². The maximum atomic E-state index is 12.3. The molecule has 0 aliphatic rings. The quantitative estimate of drug-likeness (QED) is 0.490. The number of amides is 2. The molecule has 0 saturated carbocycles. The summed E-state index contributed by atoms with van der Waals surface area (Å²) in [7, 11) is 0. The van der Waals surface area contributed by atoms with E-state index in [0.717, 1.165) is 25.2 Å². The van der Waals surface area contributed by atoms with E-state index in [4.69, 9.17) is 10.8 Å². The molecule has 0 saturated heterocycles. The van der Waals surface area contributed by atoms with E-state index < -0.39 is 12.1 Å². The minimum Gasteiger partial charge on any atom is -0.465 e. The molecule has 7 heteroatoms. The Hall–Kier alpha value is -2.28. The van der Waals surface area contributed by atoms with Gasteiger partial charge in [-0.15, -0.1) is 0 Å². The highest BCUT2D eigenvalue weighted by atomic mass is 16.4. The molecule has 7 nitrogen and oxygen atoms in total. The normalized spacial score (nSPS) is 11.6. The van der Waals surface area contributed by atoms with Crippen molar-refractivity contribution in [3.8, 4) is 0 Å². The fourth-order valence-corrected chi connectivity index (χ4v) is 2.48. The third kappa shape index (κ3) is 6.45. The molecule has 1 aromatic carbocycles. The number of unbranched alkanes of at least 4 members (excludes halogenated alkanes) is 1. The van der Waals surface area contributed by atoms with Crippen LogP contribution in [0.1, 0.15) is 33.1 Å². The summed E-state index contributed by atoms with van der Waals surface area (Å²) >= 11 is 0. The molecule has 0 heterocycles. The van der Waals surface area contributed by atoms with E-state index in [1.165, 1.54) is 0 Å². The zero-order valence-corrected chi connectivity index (χ0v) is 14.4. The highest BCUT2D eigenvalue weighted by Gasteiger charge is 2.20. The van der Waals surface area contributed by atoms with Gasteiger partial charge < -0.3 is 26.4 Å². The highest BCUT2D eigenvalue weighted by Crippen LogP contribution is 2.18. The van der Waals surface area contributed by atoms with Crippen LogP contribution < -0.4 is 21.3 Å². The number of hydrogen-bond donors (Lipinski definition) is 4. The van der Waals surface area contributed by atoms with E-state index in [-0.39, 0.29) is 5.91 Å². The maximum Gasteiger partial charge on any atom is 0.405 e. The number of carboxylic acid groups (broad SMARTS) is 1. The van der Waals surface area contributed by atoms with Crippen LogP contribution in [0.5, 0.6) is 0 Å². The molecule has 1 rings (SSSR count). The minimum atomic E-state index is -1.21. The molecule has 0 aromatic heterocycles. The lowest BCUT2D eigenvalue weighted by Gasteiger charge is -2.21. The van der Waals surface area contributed by atoms with E-state index in [1.807, 2.05) is 24.3 Å². The third-order valence-corrected chi connectivity index (χ3v) is 3.82. The molecule has 0 radical (unpaired) electrons. The van der Waals surface area contributed by atoms with Crippen molar-refractivity contribution in [1.29, 1.82) is 0 Å². The van der Waals surface area contributed by atoms with Crippen molar-refractivity contribution in [3.05, 3.63) is 24.3 Å². The van der Waals surface area contributed by atoms with Gasteiger partial charge in [-0.25, -0.2) is 4.79 Å². The van der Waals surface area contributed by atoms with Gasteiger partial charge in [0, 0.05) is 24.5 Å².